The van der Waals surface area contributed by atoms with Crippen molar-refractivity contribution in [3.8, 4) is 0 Å². The van der Waals surface area contributed by atoms with Crippen LogP contribution in [0.4, 0.5) is 0 Å². The van der Waals surface area contributed by atoms with Crippen LogP contribution in [0.3, 0.4) is 0 Å². The third-order valence-corrected chi connectivity index (χ3v) is 5.82. The van der Waals surface area contributed by atoms with Gasteiger partial charge < -0.3 is 18.9 Å². The lowest BCUT2D eigenvalue weighted by Crippen LogP contribution is -2.15. The Morgan fingerprint density at radius 1 is 0.571 bits per heavy atom. The molecule has 0 radical (unpaired) electrons. The largest absolute Gasteiger partial charge is 0.463 e. The molecule has 0 N–H and O–H groups in total. The highest BCUT2D eigenvalue weighted by Crippen LogP contribution is 2.13. The highest BCUT2D eigenvalue weighted by atomic mass is 16.6. The highest BCUT2D eigenvalue weighted by Gasteiger charge is 2.05. The summed E-state index contributed by atoms with van der Waals surface area (Å²) in [5.41, 5.74) is 0.527. The van der Waals surface area contributed by atoms with E-state index in [1.54, 1.807) is 24.3 Å². The fourth-order valence-corrected chi connectivity index (χ4v) is 3.75. The van der Waals surface area contributed by atoms with Gasteiger partial charge in [0.25, 0.3) is 0 Å². The Hall–Kier alpha value is -1.92. The molecule has 1 rings (SSSR count). The van der Waals surface area contributed by atoms with Gasteiger partial charge in [-0.15, -0.1) is 0 Å². The molecule has 0 spiro atoms. The Labute approximate surface area is 213 Å². The Bertz CT molecular complexity index is 619. The van der Waals surface area contributed by atoms with Crippen molar-refractivity contribution in [3.05, 3.63) is 35.9 Å². The van der Waals surface area contributed by atoms with Gasteiger partial charge in [-0.25, -0.2) is 4.79 Å². The lowest BCUT2D eigenvalue weighted by Gasteiger charge is -2.08. The van der Waals surface area contributed by atoms with Gasteiger partial charge in [0, 0.05) is 6.42 Å². The van der Waals surface area contributed by atoms with Crippen molar-refractivity contribution < 1.29 is 28.5 Å². The first-order chi connectivity index (χ1) is 17.2. The Kier molecular flexibility index (Phi) is 21.2. The number of esters is 2. The van der Waals surface area contributed by atoms with Crippen LogP contribution in [0.1, 0.15) is 107 Å². The van der Waals surface area contributed by atoms with Gasteiger partial charge in [0.2, 0.25) is 0 Å². The molecule has 0 saturated carbocycles. The van der Waals surface area contributed by atoms with E-state index in [1.165, 1.54) is 70.6 Å². The summed E-state index contributed by atoms with van der Waals surface area (Å²) in [7, 11) is 0. The predicted molar refractivity (Wildman–Crippen MR) is 140 cm³/mol. The van der Waals surface area contributed by atoms with Gasteiger partial charge in [-0.3, -0.25) is 4.79 Å². The first kappa shape index (κ1) is 31.1. The van der Waals surface area contributed by atoms with Gasteiger partial charge in [0.15, 0.2) is 0 Å². The standard InChI is InChI=1S/C29H48O6/c1-2-3-4-5-6-7-8-9-10-11-12-13-17-20-28(30)34-25-23-32-21-22-33-24-26-35-29(31)27-18-15-14-16-19-27/h14-16,18-19H,2-13,17,20-26H2,1H3. The molecule has 0 aliphatic rings. The molecular weight excluding hydrogens is 444 g/mol. The van der Waals surface area contributed by atoms with Crippen LogP contribution in [-0.2, 0) is 23.7 Å². The molecule has 0 unspecified atom stereocenters. The molecule has 0 amide bonds. The first-order valence-corrected chi connectivity index (χ1v) is 13.8. The maximum absolute atomic E-state index is 11.8. The maximum Gasteiger partial charge on any atom is 0.338 e. The van der Waals surface area contributed by atoms with Gasteiger partial charge in [-0.2, -0.15) is 0 Å². The summed E-state index contributed by atoms with van der Waals surface area (Å²) < 4.78 is 21.1. The number of hydrogen-bond acceptors (Lipinski definition) is 6. The van der Waals surface area contributed by atoms with E-state index in [4.69, 9.17) is 18.9 Å². The molecule has 6 heteroatoms. The summed E-state index contributed by atoms with van der Waals surface area (Å²) in [6.07, 6.45) is 17.3. The van der Waals surface area contributed by atoms with E-state index >= 15 is 0 Å². The molecule has 1 aromatic rings. The minimum atomic E-state index is -0.355. The summed E-state index contributed by atoms with van der Waals surface area (Å²) >= 11 is 0. The lowest BCUT2D eigenvalue weighted by atomic mass is 10.0. The summed E-state index contributed by atoms with van der Waals surface area (Å²) in [4.78, 5) is 23.5. The van der Waals surface area contributed by atoms with E-state index in [0.717, 1.165) is 12.8 Å². The van der Waals surface area contributed by atoms with Gasteiger partial charge in [0.05, 0.1) is 32.0 Å². The van der Waals surface area contributed by atoms with Crippen molar-refractivity contribution in [1.82, 2.24) is 0 Å². The van der Waals surface area contributed by atoms with Crippen LogP contribution in [0.5, 0.6) is 0 Å². The van der Waals surface area contributed by atoms with Crippen molar-refractivity contribution in [2.24, 2.45) is 0 Å². The predicted octanol–water partition coefficient (Wildman–Crippen LogP) is 6.90. The summed E-state index contributed by atoms with van der Waals surface area (Å²) in [5.74, 6) is -0.501. The molecular formula is C29H48O6. The zero-order valence-corrected chi connectivity index (χ0v) is 22.0. The van der Waals surface area contributed by atoms with Crippen LogP contribution < -0.4 is 0 Å². The molecule has 0 aliphatic carbocycles. The molecule has 0 saturated heterocycles. The maximum atomic E-state index is 11.8. The SMILES string of the molecule is CCCCCCCCCCCCCCCC(=O)OCCOCCOCCOC(=O)c1ccccc1. The van der Waals surface area contributed by atoms with Crippen LogP contribution >= 0.6 is 0 Å². The van der Waals surface area contributed by atoms with Crippen LogP contribution in [0, 0.1) is 0 Å². The Morgan fingerprint density at radius 3 is 1.57 bits per heavy atom. The van der Waals surface area contributed by atoms with Gasteiger partial charge in [0.1, 0.15) is 13.2 Å². The second-order valence-electron chi connectivity index (χ2n) is 8.94. The highest BCUT2D eigenvalue weighted by molar-refractivity contribution is 5.89. The lowest BCUT2D eigenvalue weighted by molar-refractivity contribution is -0.145. The van der Waals surface area contributed by atoms with Crippen LogP contribution in [0.25, 0.3) is 0 Å². The van der Waals surface area contributed by atoms with E-state index in [9.17, 15) is 9.59 Å². The van der Waals surface area contributed by atoms with E-state index < -0.39 is 0 Å². The average molecular weight is 493 g/mol. The molecule has 0 heterocycles. The van der Waals surface area contributed by atoms with Gasteiger partial charge >= 0.3 is 11.9 Å². The molecule has 0 fully saturated rings. The van der Waals surface area contributed by atoms with Crippen LogP contribution in [0.2, 0.25) is 0 Å². The number of ether oxygens (including phenoxy) is 4. The summed E-state index contributed by atoms with van der Waals surface area (Å²) in [6.45, 7) is 4.21. The molecule has 0 aliphatic heterocycles. The second kappa shape index (κ2) is 23.8. The van der Waals surface area contributed by atoms with Crippen LogP contribution in [-0.4, -0.2) is 51.6 Å². The monoisotopic (exact) mass is 492 g/mol. The normalized spacial score (nSPS) is 10.9. The van der Waals surface area contributed by atoms with Crippen molar-refractivity contribution in [1.29, 1.82) is 0 Å². The van der Waals surface area contributed by atoms with Crippen LogP contribution in [0.15, 0.2) is 30.3 Å². The number of carbonyl (C=O) groups is 2. The number of rotatable bonds is 24. The van der Waals surface area contributed by atoms with E-state index in [0.29, 0.717) is 38.4 Å². The molecule has 1 aromatic carbocycles. The minimum Gasteiger partial charge on any atom is -0.463 e. The molecule has 0 aromatic heterocycles. The summed E-state index contributed by atoms with van der Waals surface area (Å²) in [6, 6.07) is 8.86. The van der Waals surface area contributed by atoms with Crippen molar-refractivity contribution in [3.63, 3.8) is 0 Å². The van der Waals surface area contributed by atoms with Crippen molar-refractivity contribution >= 4 is 11.9 Å². The smallest absolute Gasteiger partial charge is 0.338 e. The zero-order chi connectivity index (χ0) is 25.2. The fraction of sp³-hybridized carbons (Fsp3) is 0.724. The molecule has 0 bridgehead atoms. The topological polar surface area (TPSA) is 71.1 Å². The molecule has 0 atom stereocenters. The third-order valence-electron chi connectivity index (χ3n) is 5.82. The van der Waals surface area contributed by atoms with Gasteiger partial charge in [-0.05, 0) is 18.6 Å². The number of benzene rings is 1. The Morgan fingerprint density at radius 2 is 1.03 bits per heavy atom. The molecule has 6 nitrogen and oxygen atoms in total. The van der Waals surface area contributed by atoms with E-state index in [2.05, 4.69) is 6.92 Å². The fourth-order valence-electron chi connectivity index (χ4n) is 3.75. The quantitative estimate of drug-likeness (QED) is 0.115. The molecule has 200 valence electrons. The Balaban J connectivity index is 1.76. The first-order valence-electron chi connectivity index (χ1n) is 13.8. The van der Waals surface area contributed by atoms with Gasteiger partial charge in [-0.1, -0.05) is 102 Å². The zero-order valence-electron chi connectivity index (χ0n) is 22.0. The third kappa shape index (κ3) is 20.0. The number of unbranched alkanes of at least 4 members (excludes halogenated alkanes) is 12. The van der Waals surface area contributed by atoms with E-state index in [1.807, 2.05) is 6.07 Å². The van der Waals surface area contributed by atoms with Crippen molar-refractivity contribution in [2.45, 2.75) is 96.8 Å². The second-order valence-corrected chi connectivity index (χ2v) is 8.94. The van der Waals surface area contributed by atoms with Crippen molar-refractivity contribution in [2.75, 3.05) is 39.6 Å². The number of hydrogen-bond donors (Lipinski definition) is 0. The number of carbonyl (C=O) groups excluding carboxylic acids is 2. The molecule has 35 heavy (non-hydrogen) atoms. The average Bonchev–Trinajstić information content (AvgIpc) is 2.88. The minimum absolute atomic E-state index is 0.145. The summed E-state index contributed by atoms with van der Waals surface area (Å²) in [5, 5.41) is 0. The van der Waals surface area contributed by atoms with E-state index in [-0.39, 0.29) is 25.2 Å².